The lowest BCUT2D eigenvalue weighted by atomic mass is 9.90. The Kier molecular flexibility index (Phi) is 5.55. The van der Waals surface area contributed by atoms with Crippen molar-refractivity contribution >= 4 is 26.8 Å². The maximum atomic E-state index is 13.4. The van der Waals surface area contributed by atoms with Crippen molar-refractivity contribution in [2.24, 2.45) is 7.05 Å². The van der Waals surface area contributed by atoms with Crippen LogP contribution in [-0.4, -0.2) is 66.0 Å². The van der Waals surface area contributed by atoms with Crippen LogP contribution in [-0.2, 0) is 26.6 Å². The van der Waals surface area contributed by atoms with E-state index in [1.165, 1.54) is 4.31 Å². The molecule has 1 saturated carbocycles. The Balaban J connectivity index is 1.17. The van der Waals surface area contributed by atoms with Gasteiger partial charge in [0, 0.05) is 32.2 Å². The third kappa shape index (κ3) is 4.05. The monoisotopic (exact) mass is 507 g/mol. The number of ether oxygens (including phenoxy) is 1. The second-order valence-corrected chi connectivity index (χ2v) is 12.1. The van der Waals surface area contributed by atoms with Crippen molar-refractivity contribution in [2.75, 3.05) is 26.2 Å². The summed E-state index contributed by atoms with van der Waals surface area (Å²) in [6, 6.07) is 16.5. The van der Waals surface area contributed by atoms with E-state index in [4.69, 9.17) is 4.74 Å². The second kappa shape index (κ2) is 8.54. The van der Waals surface area contributed by atoms with Gasteiger partial charge in [0.2, 0.25) is 15.9 Å². The maximum absolute atomic E-state index is 13.4. The normalized spacial score (nSPS) is 20.8. The number of nitrogens with zero attached hydrogens (tertiary/aromatic N) is 3. The molecule has 1 amide bonds. The van der Waals surface area contributed by atoms with Crippen LogP contribution in [0.4, 0.5) is 0 Å². The number of amides is 1. The predicted molar refractivity (Wildman–Crippen MR) is 136 cm³/mol. The van der Waals surface area contributed by atoms with Gasteiger partial charge in [-0.25, -0.2) is 8.42 Å². The third-order valence-electron chi connectivity index (χ3n) is 7.85. The molecule has 36 heavy (non-hydrogen) atoms. The van der Waals surface area contributed by atoms with E-state index in [1.54, 1.807) is 35.9 Å². The molecule has 1 aliphatic carbocycles. The standard InChI is InChI=1S/C27H29N3O5S/c1-28-24-10-4-20(16-21(24)5-11-25(28)31)19-2-8-23(9-3-19)36(33,34)29-14-12-27(13-15-29)18-30(22-6-7-22)26(32)17-35-27/h2-5,8-11,16,22H,6-7,12-15,17-18H2,1H3. The Hall–Kier alpha value is -3.01. The van der Waals surface area contributed by atoms with Crippen LogP contribution < -0.4 is 5.56 Å². The van der Waals surface area contributed by atoms with Crippen LogP contribution in [0.5, 0.6) is 0 Å². The van der Waals surface area contributed by atoms with Gasteiger partial charge in [-0.2, -0.15) is 4.31 Å². The molecule has 0 radical (unpaired) electrons. The maximum Gasteiger partial charge on any atom is 0.250 e. The van der Waals surface area contributed by atoms with Gasteiger partial charge in [-0.05, 0) is 72.5 Å². The average molecular weight is 508 g/mol. The lowest BCUT2D eigenvalue weighted by Crippen LogP contribution is -2.59. The van der Waals surface area contributed by atoms with Gasteiger partial charge in [-0.15, -0.1) is 0 Å². The van der Waals surface area contributed by atoms with Crippen molar-refractivity contribution in [2.45, 2.75) is 42.2 Å². The smallest absolute Gasteiger partial charge is 0.250 e. The Morgan fingerprint density at radius 3 is 2.31 bits per heavy atom. The molecule has 2 aliphatic heterocycles. The number of aryl methyl sites for hydroxylation is 1. The van der Waals surface area contributed by atoms with Gasteiger partial charge >= 0.3 is 0 Å². The van der Waals surface area contributed by atoms with Crippen LogP contribution in [0.15, 0.2) is 64.3 Å². The van der Waals surface area contributed by atoms with E-state index >= 15 is 0 Å². The molecule has 1 spiro atoms. The van der Waals surface area contributed by atoms with E-state index in [0.29, 0.717) is 38.5 Å². The van der Waals surface area contributed by atoms with Gasteiger partial charge in [0.15, 0.2) is 0 Å². The van der Waals surface area contributed by atoms with Crippen LogP contribution in [0.2, 0.25) is 0 Å². The van der Waals surface area contributed by atoms with Crippen molar-refractivity contribution in [3.63, 3.8) is 0 Å². The van der Waals surface area contributed by atoms with Crippen molar-refractivity contribution < 1.29 is 17.9 Å². The summed E-state index contributed by atoms with van der Waals surface area (Å²) in [5.41, 5.74) is 2.21. The number of morpholine rings is 1. The minimum Gasteiger partial charge on any atom is -0.363 e. The minimum atomic E-state index is -3.63. The fourth-order valence-electron chi connectivity index (χ4n) is 5.43. The Morgan fingerprint density at radius 1 is 0.917 bits per heavy atom. The second-order valence-electron chi connectivity index (χ2n) is 10.2. The highest BCUT2D eigenvalue weighted by molar-refractivity contribution is 7.89. The fraction of sp³-hybridized carbons (Fsp3) is 0.407. The number of fused-ring (bicyclic) bond motifs is 1. The Bertz CT molecular complexity index is 1500. The number of hydrogen-bond acceptors (Lipinski definition) is 5. The molecule has 1 aromatic heterocycles. The van der Waals surface area contributed by atoms with Gasteiger partial charge in [-0.3, -0.25) is 9.59 Å². The van der Waals surface area contributed by atoms with Gasteiger partial charge in [0.05, 0.1) is 22.6 Å². The molecule has 8 nitrogen and oxygen atoms in total. The number of carbonyl (C=O) groups excluding carboxylic acids is 1. The van der Waals surface area contributed by atoms with E-state index in [9.17, 15) is 18.0 Å². The summed E-state index contributed by atoms with van der Waals surface area (Å²) in [5.74, 6) is 0.0497. The van der Waals surface area contributed by atoms with Gasteiger partial charge in [0.1, 0.15) is 6.61 Å². The molecule has 0 N–H and O–H groups in total. The number of benzene rings is 2. The first-order valence-electron chi connectivity index (χ1n) is 12.4. The van der Waals surface area contributed by atoms with Gasteiger partial charge in [-0.1, -0.05) is 18.2 Å². The number of piperidine rings is 1. The molecule has 6 rings (SSSR count). The van der Waals surface area contributed by atoms with Crippen LogP contribution in [0.3, 0.4) is 0 Å². The molecule has 0 bridgehead atoms. The first kappa shape index (κ1) is 23.4. The zero-order valence-corrected chi connectivity index (χ0v) is 21.0. The molecule has 9 heteroatoms. The molecule has 2 aromatic carbocycles. The molecule has 188 valence electrons. The third-order valence-corrected chi connectivity index (χ3v) is 9.77. The lowest BCUT2D eigenvalue weighted by Gasteiger charge is -2.46. The summed E-state index contributed by atoms with van der Waals surface area (Å²) in [7, 11) is -1.88. The van der Waals surface area contributed by atoms with E-state index in [1.807, 2.05) is 35.2 Å². The van der Waals surface area contributed by atoms with Crippen LogP contribution in [0, 0.1) is 0 Å². The highest BCUT2D eigenvalue weighted by atomic mass is 32.2. The summed E-state index contributed by atoms with van der Waals surface area (Å²) in [4.78, 5) is 26.3. The number of hydrogen-bond donors (Lipinski definition) is 0. The molecule has 2 saturated heterocycles. The van der Waals surface area contributed by atoms with Crippen LogP contribution in [0.25, 0.3) is 22.0 Å². The van der Waals surface area contributed by atoms with Crippen molar-refractivity contribution in [3.05, 3.63) is 65.0 Å². The average Bonchev–Trinajstić information content (AvgIpc) is 3.74. The lowest BCUT2D eigenvalue weighted by molar-refractivity contribution is -0.170. The summed E-state index contributed by atoms with van der Waals surface area (Å²) in [6.45, 7) is 1.41. The summed E-state index contributed by atoms with van der Waals surface area (Å²) in [5, 5.41) is 0.945. The molecule has 3 aromatic rings. The SMILES string of the molecule is Cn1c(=O)ccc2cc(-c3ccc(S(=O)(=O)N4CCC5(CC4)CN(C4CC4)C(=O)CO5)cc3)ccc21. The van der Waals surface area contributed by atoms with E-state index < -0.39 is 15.6 Å². The van der Waals surface area contributed by atoms with E-state index in [-0.39, 0.29) is 23.0 Å². The highest BCUT2D eigenvalue weighted by Crippen LogP contribution is 2.37. The predicted octanol–water partition coefficient (Wildman–Crippen LogP) is 2.75. The van der Waals surface area contributed by atoms with Crippen molar-refractivity contribution in [1.29, 1.82) is 0 Å². The molecule has 3 fully saturated rings. The van der Waals surface area contributed by atoms with Gasteiger partial charge < -0.3 is 14.2 Å². The first-order chi connectivity index (χ1) is 17.3. The molecule has 0 unspecified atom stereocenters. The Labute approximate surface area is 210 Å². The zero-order valence-electron chi connectivity index (χ0n) is 20.2. The van der Waals surface area contributed by atoms with E-state index in [2.05, 4.69) is 0 Å². The Morgan fingerprint density at radius 2 is 1.61 bits per heavy atom. The minimum absolute atomic E-state index is 0.0497. The molecule has 3 aliphatic rings. The number of carbonyl (C=O) groups is 1. The van der Waals surface area contributed by atoms with Crippen LogP contribution in [0.1, 0.15) is 25.7 Å². The van der Waals surface area contributed by atoms with Gasteiger partial charge in [0.25, 0.3) is 5.56 Å². The quantitative estimate of drug-likeness (QED) is 0.542. The summed E-state index contributed by atoms with van der Waals surface area (Å²) >= 11 is 0. The fourth-order valence-corrected chi connectivity index (χ4v) is 6.87. The summed E-state index contributed by atoms with van der Waals surface area (Å²) in [6.07, 6.45) is 3.27. The van der Waals surface area contributed by atoms with Crippen molar-refractivity contribution in [1.82, 2.24) is 13.8 Å². The highest BCUT2D eigenvalue weighted by Gasteiger charge is 2.47. The largest absolute Gasteiger partial charge is 0.363 e. The molecular formula is C27H29N3O5S. The summed E-state index contributed by atoms with van der Waals surface area (Å²) < 4.78 is 35.9. The first-order valence-corrected chi connectivity index (χ1v) is 13.8. The van der Waals surface area contributed by atoms with Crippen LogP contribution >= 0.6 is 0 Å². The zero-order chi connectivity index (χ0) is 25.1. The molecule has 0 atom stereocenters. The number of pyridine rings is 1. The molecular weight excluding hydrogens is 478 g/mol. The number of rotatable bonds is 4. The van der Waals surface area contributed by atoms with Crippen molar-refractivity contribution in [3.8, 4) is 11.1 Å². The van der Waals surface area contributed by atoms with E-state index in [0.717, 1.165) is 34.9 Å². The topological polar surface area (TPSA) is 88.9 Å². The molecule has 3 heterocycles. The number of aromatic nitrogens is 1. The number of sulfonamides is 1.